The van der Waals surface area contributed by atoms with Gasteiger partial charge in [0.1, 0.15) is 10.8 Å². The number of amides is 1. The normalized spacial score (nSPS) is 15.0. The van der Waals surface area contributed by atoms with Crippen LogP contribution in [0, 0.1) is 19.8 Å². The predicted molar refractivity (Wildman–Crippen MR) is 118 cm³/mol. The fourth-order valence-electron chi connectivity index (χ4n) is 3.45. The zero-order chi connectivity index (χ0) is 22.5. The molecule has 0 saturated heterocycles. The smallest absolute Gasteiger partial charge is 0.344 e. The largest absolute Gasteiger partial charge is 0.482 e. The topological polar surface area (TPSA) is 90.9 Å². The van der Waals surface area contributed by atoms with E-state index >= 15 is 0 Å². The lowest BCUT2D eigenvalue weighted by atomic mass is 9.88. The molecule has 0 spiro atoms. The molecule has 0 bridgehead atoms. The summed E-state index contributed by atoms with van der Waals surface area (Å²) in [6, 6.07) is 5.52. The number of thiophene rings is 1. The number of carbonyl (C=O) groups excluding carboxylic acids is 3. The number of fused-ring (bicyclic) bond motifs is 1. The van der Waals surface area contributed by atoms with Gasteiger partial charge in [-0.05, 0) is 67.9 Å². The van der Waals surface area contributed by atoms with Crippen LogP contribution < -0.4 is 10.1 Å². The Balaban J connectivity index is 1.56. The maximum Gasteiger partial charge on any atom is 0.344 e. The van der Waals surface area contributed by atoms with Crippen LogP contribution in [0.5, 0.6) is 5.75 Å². The molecule has 2 aromatic rings. The number of hydrogen-bond acceptors (Lipinski definition) is 7. The van der Waals surface area contributed by atoms with Crippen molar-refractivity contribution in [3.8, 4) is 5.75 Å². The molecule has 1 aliphatic carbocycles. The summed E-state index contributed by atoms with van der Waals surface area (Å²) in [4.78, 5) is 37.7. The van der Waals surface area contributed by atoms with Gasteiger partial charge in [0.25, 0.3) is 5.91 Å². The van der Waals surface area contributed by atoms with E-state index in [1.165, 1.54) is 18.4 Å². The van der Waals surface area contributed by atoms with E-state index in [-0.39, 0.29) is 6.61 Å². The van der Waals surface area contributed by atoms with Crippen LogP contribution in [0.25, 0.3) is 0 Å². The Bertz CT molecular complexity index is 996. The van der Waals surface area contributed by atoms with Gasteiger partial charge < -0.3 is 19.5 Å². The number of anilines is 1. The predicted octanol–water partition coefficient (Wildman–Crippen LogP) is 3.84. The van der Waals surface area contributed by atoms with Gasteiger partial charge in [0, 0.05) is 4.88 Å². The van der Waals surface area contributed by atoms with Crippen LogP contribution in [-0.4, -0.2) is 38.2 Å². The molecule has 31 heavy (non-hydrogen) atoms. The SMILES string of the molecule is COC(=O)c1c(NC(=O)COC(=O)COc2ccc(C)c(C)c2)sc2c1CCC(C)C2. The highest BCUT2D eigenvalue weighted by molar-refractivity contribution is 7.17. The Hall–Kier alpha value is -2.87. The molecule has 1 amide bonds. The van der Waals surface area contributed by atoms with E-state index in [0.717, 1.165) is 40.8 Å². The molecular formula is C23H27NO6S. The summed E-state index contributed by atoms with van der Waals surface area (Å²) < 4.78 is 15.3. The fraction of sp³-hybridized carbons (Fsp3) is 0.435. The Morgan fingerprint density at radius 3 is 2.65 bits per heavy atom. The van der Waals surface area contributed by atoms with Crippen molar-refractivity contribution in [2.45, 2.75) is 40.0 Å². The van der Waals surface area contributed by atoms with Gasteiger partial charge in [-0.2, -0.15) is 0 Å². The van der Waals surface area contributed by atoms with Crippen LogP contribution in [0.3, 0.4) is 0 Å². The van der Waals surface area contributed by atoms with Crippen molar-refractivity contribution in [1.29, 1.82) is 0 Å². The van der Waals surface area contributed by atoms with Crippen molar-refractivity contribution in [3.63, 3.8) is 0 Å². The van der Waals surface area contributed by atoms with Crippen molar-refractivity contribution in [2.24, 2.45) is 5.92 Å². The summed E-state index contributed by atoms with van der Waals surface area (Å²) in [5.41, 5.74) is 3.54. The highest BCUT2D eigenvalue weighted by atomic mass is 32.1. The van der Waals surface area contributed by atoms with Crippen molar-refractivity contribution >= 4 is 34.2 Å². The summed E-state index contributed by atoms with van der Waals surface area (Å²) in [5.74, 6) is -0.553. The third-order valence-electron chi connectivity index (χ3n) is 5.35. The molecule has 1 atom stereocenters. The first-order chi connectivity index (χ1) is 14.8. The third kappa shape index (κ3) is 5.64. The standard InChI is InChI=1S/C23H27NO6S/c1-13-5-8-17-18(9-13)31-22(21(17)23(27)28-4)24-19(25)11-30-20(26)12-29-16-7-6-14(2)15(3)10-16/h6-7,10,13H,5,8-9,11-12H2,1-4H3,(H,24,25). The van der Waals surface area contributed by atoms with Crippen LogP contribution >= 0.6 is 11.3 Å². The Labute approximate surface area is 185 Å². The van der Waals surface area contributed by atoms with Crippen LogP contribution in [0.4, 0.5) is 5.00 Å². The quantitative estimate of drug-likeness (QED) is 0.651. The van der Waals surface area contributed by atoms with Crippen LogP contribution in [0.2, 0.25) is 0 Å². The average Bonchev–Trinajstić information content (AvgIpc) is 3.09. The minimum Gasteiger partial charge on any atom is -0.482 e. The molecule has 7 nitrogen and oxygen atoms in total. The zero-order valence-electron chi connectivity index (χ0n) is 18.2. The molecule has 0 saturated carbocycles. The molecule has 8 heteroatoms. The van der Waals surface area contributed by atoms with Gasteiger partial charge >= 0.3 is 11.9 Å². The monoisotopic (exact) mass is 445 g/mol. The lowest BCUT2D eigenvalue weighted by molar-refractivity contribution is -0.149. The highest BCUT2D eigenvalue weighted by Gasteiger charge is 2.29. The number of carbonyl (C=O) groups is 3. The maximum atomic E-state index is 12.3. The Morgan fingerprint density at radius 1 is 1.16 bits per heavy atom. The molecule has 0 aliphatic heterocycles. The molecular weight excluding hydrogens is 418 g/mol. The minimum absolute atomic E-state index is 0.297. The van der Waals surface area contributed by atoms with E-state index in [0.29, 0.717) is 22.2 Å². The lowest BCUT2D eigenvalue weighted by Crippen LogP contribution is -2.24. The van der Waals surface area contributed by atoms with Gasteiger partial charge in [0.15, 0.2) is 13.2 Å². The van der Waals surface area contributed by atoms with Crippen LogP contribution in [-0.2, 0) is 31.9 Å². The Kier molecular flexibility index (Phi) is 7.33. The van der Waals surface area contributed by atoms with Crippen LogP contribution in [0.1, 0.15) is 45.3 Å². The minimum atomic E-state index is -0.652. The summed E-state index contributed by atoms with van der Waals surface area (Å²) in [6.45, 7) is 5.35. The van der Waals surface area contributed by atoms with Crippen molar-refractivity contribution in [1.82, 2.24) is 0 Å². The number of nitrogens with one attached hydrogen (secondary N) is 1. The van der Waals surface area contributed by atoms with Crippen LogP contribution in [0.15, 0.2) is 18.2 Å². The van der Waals surface area contributed by atoms with E-state index in [2.05, 4.69) is 12.2 Å². The number of ether oxygens (including phenoxy) is 3. The maximum absolute atomic E-state index is 12.3. The van der Waals surface area contributed by atoms with E-state index in [1.54, 1.807) is 6.07 Å². The summed E-state index contributed by atoms with van der Waals surface area (Å²) >= 11 is 1.38. The van der Waals surface area contributed by atoms with E-state index in [9.17, 15) is 14.4 Å². The number of esters is 2. The molecule has 1 unspecified atom stereocenters. The second kappa shape index (κ2) is 9.96. The third-order valence-corrected chi connectivity index (χ3v) is 6.52. The van der Waals surface area contributed by atoms with Gasteiger partial charge in [0.2, 0.25) is 0 Å². The number of methoxy groups -OCH3 is 1. The van der Waals surface area contributed by atoms with Gasteiger partial charge in [-0.1, -0.05) is 13.0 Å². The second-order valence-corrected chi connectivity index (χ2v) is 8.90. The second-order valence-electron chi connectivity index (χ2n) is 7.79. The molecule has 1 heterocycles. The van der Waals surface area contributed by atoms with E-state index < -0.39 is 24.5 Å². The van der Waals surface area contributed by atoms with Gasteiger partial charge in [-0.3, -0.25) is 4.79 Å². The molecule has 1 aliphatic rings. The first kappa shape index (κ1) is 22.8. The van der Waals surface area contributed by atoms with Crippen molar-refractivity contribution in [2.75, 3.05) is 25.6 Å². The number of hydrogen-bond donors (Lipinski definition) is 1. The number of aryl methyl sites for hydroxylation is 2. The van der Waals surface area contributed by atoms with Crippen molar-refractivity contribution < 1.29 is 28.6 Å². The van der Waals surface area contributed by atoms with Crippen molar-refractivity contribution in [3.05, 3.63) is 45.3 Å². The first-order valence-electron chi connectivity index (χ1n) is 10.2. The molecule has 0 fully saturated rings. The molecule has 1 aromatic heterocycles. The zero-order valence-corrected chi connectivity index (χ0v) is 19.0. The van der Waals surface area contributed by atoms with E-state index in [4.69, 9.17) is 14.2 Å². The lowest BCUT2D eigenvalue weighted by Gasteiger charge is -2.18. The highest BCUT2D eigenvalue weighted by Crippen LogP contribution is 2.40. The summed E-state index contributed by atoms with van der Waals surface area (Å²) in [6.07, 6.45) is 2.63. The summed E-state index contributed by atoms with van der Waals surface area (Å²) in [7, 11) is 1.32. The van der Waals surface area contributed by atoms with Gasteiger partial charge in [-0.25, -0.2) is 9.59 Å². The van der Waals surface area contributed by atoms with Gasteiger partial charge in [-0.15, -0.1) is 11.3 Å². The molecule has 3 rings (SSSR count). The molecule has 1 aromatic carbocycles. The first-order valence-corrected chi connectivity index (χ1v) is 11.0. The fourth-order valence-corrected chi connectivity index (χ4v) is 4.87. The van der Waals surface area contributed by atoms with Gasteiger partial charge in [0.05, 0.1) is 12.7 Å². The average molecular weight is 446 g/mol. The molecule has 0 radical (unpaired) electrons. The summed E-state index contributed by atoms with van der Waals surface area (Å²) in [5, 5.41) is 3.14. The molecule has 166 valence electrons. The molecule has 1 N–H and O–H groups in total. The Morgan fingerprint density at radius 2 is 1.94 bits per heavy atom. The number of benzene rings is 1. The number of rotatable bonds is 7. The van der Waals surface area contributed by atoms with E-state index in [1.807, 2.05) is 26.0 Å².